The molecular formula is C29H47N3O4. The molecule has 1 aromatic carbocycles. The van der Waals surface area contributed by atoms with Gasteiger partial charge < -0.3 is 20.1 Å². The molecule has 0 bridgehead atoms. The number of aromatic hydroxyl groups is 1. The molecular weight excluding hydrogens is 454 g/mol. The van der Waals surface area contributed by atoms with E-state index in [1.807, 2.05) is 53.7 Å². The lowest BCUT2D eigenvalue weighted by atomic mass is 9.97. The normalized spacial score (nSPS) is 12.1. The molecule has 0 spiro atoms. The first kappa shape index (κ1) is 33.1. The summed E-state index contributed by atoms with van der Waals surface area (Å²) in [7, 11) is 0. The van der Waals surface area contributed by atoms with Crippen LogP contribution in [0, 0.1) is 10.3 Å². The smallest absolute Gasteiger partial charge is 0.256 e. The quantitative estimate of drug-likeness (QED) is 0.130. The number of carbonyl (C=O) groups is 1. The molecule has 0 aliphatic rings. The fourth-order valence-corrected chi connectivity index (χ4v) is 3.26. The molecule has 7 nitrogen and oxygen atoms in total. The predicted octanol–water partition coefficient (Wildman–Crippen LogP) is 7.07. The summed E-state index contributed by atoms with van der Waals surface area (Å²) in [6.45, 7) is 25.0. The van der Waals surface area contributed by atoms with Gasteiger partial charge in [-0.15, -0.1) is 4.91 Å². The van der Waals surface area contributed by atoms with E-state index >= 15 is 0 Å². The van der Waals surface area contributed by atoms with Crippen LogP contribution in [0.2, 0.25) is 0 Å². The maximum atomic E-state index is 13.2. The van der Waals surface area contributed by atoms with Crippen molar-refractivity contribution in [3.63, 3.8) is 0 Å². The van der Waals surface area contributed by atoms with E-state index in [0.29, 0.717) is 31.0 Å². The van der Waals surface area contributed by atoms with Crippen molar-refractivity contribution >= 4 is 11.6 Å². The van der Waals surface area contributed by atoms with Crippen LogP contribution in [0.5, 0.6) is 5.75 Å². The van der Waals surface area contributed by atoms with Gasteiger partial charge in [0.2, 0.25) is 0 Å². The summed E-state index contributed by atoms with van der Waals surface area (Å²) in [5.74, 6) is 0.311. The predicted molar refractivity (Wildman–Crippen MR) is 151 cm³/mol. The Balaban J connectivity index is 0.00000596. The Morgan fingerprint density at radius 2 is 1.89 bits per heavy atom. The molecule has 0 aliphatic heterocycles. The third kappa shape index (κ3) is 11.7. The van der Waals surface area contributed by atoms with Crippen molar-refractivity contribution in [1.82, 2.24) is 10.2 Å². The number of allylic oxidation sites excluding steroid dienone is 3. The summed E-state index contributed by atoms with van der Waals surface area (Å²) in [5, 5.41) is 16.5. The van der Waals surface area contributed by atoms with Crippen LogP contribution in [-0.4, -0.2) is 48.7 Å². The maximum absolute atomic E-state index is 13.2. The lowest BCUT2D eigenvalue weighted by molar-refractivity contribution is 0.0779. The van der Waals surface area contributed by atoms with E-state index in [1.54, 1.807) is 17.0 Å². The highest BCUT2D eigenvalue weighted by Crippen LogP contribution is 2.33. The van der Waals surface area contributed by atoms with E-state index in [0.717, 1.165) is 18.7 Å². The lowest BCUT2D eigenvalue weighted by Crippen LogP contribution is -2.32. The van der Waals surface area contributed by atoms with Crippen LogP contribution < -0.4 is 5.32 Å². The minimum Gasteiger partial charge on any atom is -0.508 e. The number of carbonyl (C=O) groups excluding carboxylic acids is 1. The number of hydrogen-bond donors (Lipinski definition) is 2. The number of phenolic OH excluding ortho intramolecular Hbond substituents is 1. The Kier molecular flexibility index (Phi) is 15.3. The van der Waals surface area contributed by atoms with Crippen molar-refractivity contribution in [3.8, 4) is 5.75 Å². The van der Waals surface area contributed by atoms with Crippen molar-refractivity contribution in [2.24, 2.45) is 10.6 Å². The van der Waals surface area contributed by atoms with Gasteiger partial charge in [-0.3, -0.25) is 4.79 Å². The van der Waals surface area contributed by atoms with Crippen LogP contribution in [0.1, 0.15) is 84.2 Å². The first-order valence-electron chi connectivity index (χ1n) is 12.8. The number of nitroso groups, excluding NO2 is 1. The van der Waals surface area contributed by atoms with E-state index in [1.165, 1.54) is 6.07 Å². The van der Waals surface area contributed by atoms with Crippen molar-refractivity contribution in [1.29, 1.82) is 0 Å². The molecule has 0 heterocycles. The monoisotopic (exact) mass is 501 g/mol. The van der Waals surface area contributed by atoms with Crippen LogP contribution in [0.25, 0.3) is 0 Å². The molecule has 0 unspecified atom stereocenters. The fraction of sp³-hybridized carbons (Fsp3) is 0.552. The summed E-state index contributed by atoms with van der Waals surface area (Å²) in [6, 6.07) is 2.83. The van der Waals surface area contributed by atoms with Gasteiger partial charge in [0.15, 0.2) is 0 Å². The fourth-order valence-electron chi connectivity index (χ4n) is 3.26. The van der Waals surface area contributed by atoms with Gasteiger partial charge in [-0.25, -0.2) is 0 Å². The first-order chi connectivity index (χ1) is 16.9. The van der Waals surface area contributed by atoms with Gasteiger partial charge in [0.1, 0.15) is 23.8 Å². The van der Waals surface area contributed by atoms with Crippen LogP contribution >= 0.6 is 0 Å². The molecule has 2 N–H and O–H groups in total. The number of benzene rings is 1. The SMILES string of the molecule is C=C/C(=C\C=C(/C)CN(CC)C(=O)c1cc(C(C)C)c(O)cc1N=O)OCCNCC(C)(C)C.CC. The Morgan fingerprint density at radius 3 is 2.39 bits per heavy atom. The van der Waals surface area contributed by atoms with Gasteiger partial charge >= 0.3 is 0 Å². The topological polar surface area (TPSA) is 91.2 Å². The maximum Gasteiger partial charge on any atom is 0.256 e. The van der Waals surface area contributed by atoms with Crippen LogP contribution in [0.4, 0.5) is 5.69 Å². The van der Waals surface area contributed by atoms with Gasteiger partial charge in [-0.05, 0) is 54.1 Å². The highest BCUT2D eigenvalue weighted by Gasteiger charge is 2.22. The third-order valence-electron chi connectivity index (χ3n) is 5.14. The molecule has 0 radical (unpaired) electrons. The minimum absolute atomic E-state index is 0.00455. The number of amides is 1. The number of ether oxygens (including phenoxy) is 1. The average molecular weight is 502 g/mol. The van der Waals surface area contributed by atoms with E-state index in [4.69, 9.17) is 4.74 Å². The summed E-state index contributed by atoms with van der Waals surface area (Å²) in [4.78, 5) is 26.1. The van der Waals surface area contributed by atoms with Gasteiger partial charge in [-0.2, -0.15) is 0 Å². The molecule has 1 rings (SSSR count). The second kappa shape index (κ2) is 16.7. The molecule has 1 aromatic rings. The molecule has 0 fully saturated rings. The standard InChI is InChI=1S/C27H41N3O4.C2H6/c1-9-21(34-14-13-28-18-27(6,7)8)12-11-20(5)17-30(10-2)26(32)23-15-22(19(3)4)25(31)16-24(23)29-33;1-2/h9,11-12,15-16,19,28,31H,1,10,13-14,17-18H2,2-8H3;1-2H3/b20-11+,21-12+;. The number of hydrogen-bond acceptors (Lipinski definition) is 6. The van der Waals surface area contributed by atoms with Crippen molar-refractivity contribution in [3.05, 3.63) is 64.3 Å². The molecule has 0 saturated heterocycles. The second-order valence-corrected chi connectivity index (χ2v) is 9.87. The van der Waals surface area contributed by atoms with Crippen LogP contribution in [0.15, 0.2) is 53.4 Å². The molecule has 1 amide bonds. The second-order valence-electron chi connectivity index (χ2n) is 9.87. The molecule has 0 aromatic heterocycles. The van der Waals surface area contributed by atoms with Crippen molar-refractivity contribution < 1.29 is 14.6 Å². The molecule has 36 heavy (non-hydrogen) atoms. The van der Waals surface area contributed by atoms with Gasteiger partial charge in [0.05, 0.1) is 5.56 Å². The third-order valence-corrected chi connectivity index (χ3v) is 5.14. The van der Waals surface area contributed by atoms with Crippen LogP contribution in [-0.2, 0) is 4.74 Å². The average Bonchev–Trinajstić information content (AvgIpc) is 2.83. The van der Waals surface area contributed by atoms with Gasteiger partial charge in [0.25, 0.3) is 5.91 Å². The highest BCUT2D eigenvalue weighted by atomic mass is 16.5. The molecule has 7 heteroatoms. The number of phenols is 1. The minimum atomic E-state index is -0.305. The Morgan fingerprint density at radius 1 is 1.25 bits per heavy atom. The molecule has 202 valence electrons. The first-order valence-corrected chi connectivity index (χ1v) is 12.8. The van der Waals surface area contributed by atoms with Gasteiger partial charge in [-0.1, -0.05) is 66.7 Å². The van der Waals surface area contributed by atoms with Crippen molar-refractivity contribution in [2.45, 2.75) is 68.2 Å². The number of nitrogens with zero attached hydrogens (tertiary/aromatic N) is 2. The Labute approximate surface area is 218 Å². The Bertz CT molecular complexity index is 912. The van der Waals surface area contributed by atoms with E-state index in [2.05, 4.69) is 37.8 Å². The van der Waals surface area contributed by atoms with E-state index in [9.17, 15) is 14.8 Å². The lowest BCUT2D eigenvalue weighted by Gasteiger charge is -2.22. The van der Waals surface area contributed by atoms with Crippen LogP contribution in [0.3, 0.4) is 0 Å². The number of nitrogens with one attached hydrogen (secondary N) is 1. The molecule has 0 aliphatic carbocycles. The molecule has 0 saturated carbocycles. The summed E-state index contributed by atoms with van der Waals surface area (Å²) >= 11 is 0. The largest absolute Gasteiger partial charge is 0.508 e. The number of likely N-dealkylation sites (N-methyl/N-ethyl adjacent to an activating group) is 1. The zero-order valence-electron chi connectivity index (χ0n) is 23.8. The Hall–Kier alpha value is -2.93. The summed E-state index contributed by atoms with van der Waals surface area (Å²) < 4.78 is 5.77. The summed E-state index contributed by atoms with van der Waals surface area (Å²) in [5.41, 5.74) is 1.89. The van der Waals surface area contributed by atoms with E-state index in [-0.39, 0.29) is 34.2 Å². The van der Waals surface area contributed by atoms with Gasteiger partial charge in [0, 0.05) is 32.2 Å². The number of rotatable bonds is 13. The zero-order chi connectivity index (χ0) is 27.9. The highest BCUT2D eigenvalue weighted by molar-refractivity contribution is 5.99. The molecule has 0 atom stereocenters. The van der Waals surface area contributed by atoms with Crippen molar-refractivity contribution in [2.75, 3.05) is 32.8 Å². The summed E-state index contributed by atoms with van der Waals surface area (Å²) in [6.07, 6.45) is 5.38. The zero-order valence-corrected chi connectivity index (χ0v) is 23.8. The van der Waals surface area contributed by atoms with E-state index < -0.39 is 0 Å².